The molecule has 4 nitrogen and oxygen atoms in total. The molecule has 0 fully saturated rings. The zero-order valence-electron chi connectivity index (χ0n) is 9.78. The lowest BCUT2D eigenvalue weighted by Crippen LogP contribution is -2.18. The molecule has 0 aliphatic rings. The molecule has 0 radical (unpaired) electrons. The number of aliphatic hydroxyl groups is 1. The normalized spacial score (nSPS) is 10.6. The molecular formula is C11H23NO3S. The summed E-state index contributed by atoms with van der Waals surface area (Å²) >= 11 is 1.85. The maximum absolute atomic E-state index is 10.2. The first-order valence-corrected chi connectivity index (χ1v) is 7.04. The quantitative estimate of drug-likeness (QED) is 0.455. The second-order valence-corrected chi connectivity index (χ2v) is 4.87. The maximum Gasteiger partial charge on any atom is 0.303 e. The van der Waals surface area contributed by atoms with Gasteiger partial charge in [0.15, 0.2) is 0 Å². The smallest absolute Gasteiger partial charge is 0.303 e. The van der Waals surface area contributed by atoms with Crippen molar-refractivity contribution in [3.05, 3.63) is 0 Å². The SMILES string of the molecule is O=C(O)CCCCCNCCSCCCO. The highest BCUT2D eigenvalue weighted by atomic mass is 32.2. The predicted octanol–water partition coefficient (Wildman–Crippen LogP) is 1.34. The molecule has 5 heteroatoms. The predicted molar refractivity (Wildman–Crippen MR) is 68.0 cm³/mol. The van der Waals surface area contributed by atoms with Crippen molar-refractivity contribution in [3.63, 3.8) is 0 Å². The first kappa shape index (κ1) is 15.7. The largest absolute Gasteiger partial charge is 0.481 e. The molecule has 0 heterocycles. The Bertz CT molecular complexity index is 167. The van der Waals surface area contributed by atoms with Gasteiger partial charge in [0.2, 0.25) is 0 Å². The van der Waals surface area contributed by atoms with E-state index in [1.165, 1.54) is 0 Å². The zero-order valence-corrected chi connectivity index (χ0v) is 10.6. The molecule has 0 atom stereocenters. The van der Waals surface area contributed by atoms with E-state index >= 15 is 0 Å². The summed E-state index contributed by atoms with van der Waals surface area (Å²) in [4.78, 5) is 10.2. The summed E-state index contributed by atoms with van der Waals surface area (Å²) in [7, 11) is 0. The van der Waals surface area contributed by atoms with Crippen molar-refractivity contribution in [2.45, 2.75) is 32.1 Å². The third kappa shape index (κ3) is 13.7. The van der Waals surface area contributed by atoms with Crippen molar-refractivity contribution in [2.24, 2.45) is 0 Å². The van der Waals surface area contributed by atoms with Gasteiger partial charge in [0.1, 0.15) is 0 Å². The highest BCUT2D eigenvalue weighted by Gasteiger charge is 1.96. The number of rotatable bonds is 12. The molecule has 0 bridgehead atoms. The van der Waals surface area contributed by atoms with Crippen LogP contribution in [0.4, 0.5) is 0 Å². The van der Waals surface area contributed by atoms with Crippen LogP contribution >= 0.6 is 11.8 Å². The van der Waals surface area contributed by atoms with Crippen LogP contribution in [-0.4, -0.2) is 47.4 Å². The fraction of sp³-hybridized carbons (Fsp3) is 0.909. The third-order valence-corrected chi connectivity index (χ3v) is 3.18. The van der Waals surface area contributed by atoms with Crippen LogP contribution < -0.4 is 5.32 Å². The minimum absolute atomic E-state index is 0.282. The Kier molecular flexibility index (Phi) is 12.6. The van der Waals surface area contributed by atoms with E-state index in [1.54, 1.807) is 0 Å². The number of carbonyl (C=O) groups is 1. The lowest BCUT2D eigenvalue weighted by Gasteiger charge is -2.04. The number of nitrogens with one attached hydrogen (secondary N) is 1. The second kappa shape index (κ2) is 12.8. The van der Waals surface area contributed by atoms with Crippen LogP contribution in [0, 0.1) is 0 Å². The number of carboxylic acids is 1. The second-order valence-electron chi connectivity index (χ2n) is 3.64. The van der Waals surface area contributed by atoms with Gasteiger partial charge in [-0.3, -0.25) is 4.79 Å². The van der Waals surface area contributed by atoms with E-state index in [-0.39, 0.29) is 13.0 Å². The van der Waals surface area contributed by atoms with E-state index in [1.807, 2.05) is 11.8 Å². The van der Waals surface area contributed by atoms with E-state index in [0.29, 0.717) is 0 Å². The molecule has 16 heavy (non-hydrogen) atoms. The molecule has 0 amide bonds. The number of unbranched alkanes of at least 4 members (excludes halogenated alkanes) is 2. The number of hydrogen-bond donors (Lipinski definition) is 3. The van der Waals surface area contributed by atoms with Gasteiger partial charge >= 0.3 is 5.97 Å². The van der Waals surface area contributed by atoms with Crippen LogP contribution in [0.2, 0.25) is 0 Å². The fourth-order valence-electron chi connectivity index (χ4n) is 1.24. The Labute approximate surface area is 102 Å². The van der Waals surface area contributed by atoms with Gasteiger partial charge in [0.05, 0.1) is 0 Å². The van der Waals surface area contributed by atoms with Gasteiger partial charge in [0.25, 0.3) is 0 Å². The molecule has 0 saturated carbocycles. The molecule has 0 aliphatic carbocycles. The van der Waals surface area contributed by atoms with Gasteiger partial charge in [0, 0.05) is 25.3 Å². The molecule has 0 aliphatic heterocycles. The molecule has 0 spiro atoms. The topological polar surface area (TPSA) is 69.6 Å². The highest BCUT2D eigenvalue weighted by Crippen LogP contribution is 2.01. The van der Waals surface area contributed by atoms with Crippen LogP contribution in [0.15, 0.2) is 0 Å². The summed E-state index contributed by atoms with van der Waals surface area (Å²) in [5.74, 6) is 1.40. The van der Waals surface area contributed by atoms with Crippen LogP contribution in [0.5, 0.6) is 0 Å². The van der Waals surface area contributed by atoms with Gasteiger partial charge in [-0.25, -0.2) is 0 Å². The van der Waals surface area contributed by atoms with E-state index in [0.717, 1.165) is 50.3 Å². The van der Waals surface area contributed by atoms with Crippen LogP contribution in [0.25, 0.3) is 0 Å². The molecule has 0 aromatic heterocycles. The van der Waals surface area contributed by atoms with E-state index in [2.05, 4.69) is 5.32 Å². The molecular weight excluding hydrogens is 226 g/mol. The molecule has 96 valence electrons. The van der Waals surface area contributed by atoms with E-state index in [4.69, 9.17) is 10.2 Å². The lowest BCUT2D eigenvalue weighted by molar-refractivity contribution is -0.137. The average molecular weight is 249 g/mol. The summed E-state index contributed by atoms with van der Waals surface area (Å²) in [6.07, 6.45) is 3.98. The van der Waals surface area contributed by atoms with Gasteiger partial charge in [-0.2, -0.15) is 11.8 Å². The Morgan fingerprint density at radius 1 is 1.06 bits per heavy atom. The van der Waals surface area contributed by atoms with Crippen molar-refractivity contribution >= 4 is 17.7 Å². The molecule has 3 N–H and O–H groups in total. The first-order valence-electron chi connectivity index (χ1n) is 5.88. The number of carboxylic acid groups (broad SMARTS) is 1. The van der Waals surface area contributed by atoms with E-state index in [9.17, 15) is 4.79 Å². The zero-order chi connectivity index (χ0) is 12.1. The van der Waals surface area contributed by atoms with Crippen LogP contribution in [0.1, 0.15) is 32.1 Å². The van der Waals surface area contributed by atoms with Crippen molar-refractivity contribution in [1.82, 2.24) is 5.32 Å². The highest BCUT2D eigenvalue weighted by molar-refractivity contribution is 7.99. The first-order chi connectivity index (χ1) is 7.77. The number of thioether (sulfide) groups is 1. The van der Waals surface area contributed by atoms with Crippen molar-refractivity contribution in [1.29, 1.82) is 0 Å². The Morgan fingerprint density at radius 2 is 1.88 bits per heavy atom. The minimum Gasteiger partial charge on any atom is -0.481 e. The van der Waals surface area contributed by atoms with Gasteiger partial charge in [-0.15, -0.1) is 0 Å². The van der Waals surface area contributed by atoms with Crippen molar-refractivity contribution < 1.29 is 15.0 Å². The Hall–Kier alpha value is -0.260. The standard InChI is InChI=1S/C11H23NO3S/c13-8-4-9-16-10-7-12-6-3-1-2-5-11(14)15/h12-13H,1-10H2,(H,14,15). The molecule has 0 aromatic rings. The molecule has 0 saturated heterocycles. The summed E-state index contributed by atoms with van der Waals surface area (Å²) < 4.78 is 0. The number of hydrogen-bond acceptors (Lipinski definition) is 4. The number of aliphatic hydroxyl groups excluding tert-OH is 1. The summed E-state index contributed by atoms with van der Waals surface area (Å²) in [6, 6.07) is 0. The minimum atomic E-state index is -0.701. The fourth-order valence-corrected chi connectivity index (χ4v) is 2.07. The molecule has 0 aromatic carbocycles. The maximum atomic E-state index is 10.2. The summed E-state index contributed by atoms with van der Waals surface area (Å²) in [5, 5.41) is 20.3. The van der Waals surface area contributed by atoms with Crippen LogP contribution in [0.3, 0.4) is 0 Å². The van der Waals surface area contributed by atoms with Crippen molar-refractivity contribution in [3.8, 4) is 0 Å². The number of aliphatic carboxylic acids is 1. The molecule has 0 rings (SSSR count). The Morgan fingerprint density at radius 3 is 2.56 bits per heavy atom. The van der Waals surface area contributed by atoms with Gasteiger partial charge in [-0.1, -0.05) is 6.42 Å². The Balaban J connectivity index is 2.90. The molecule has 0 unspecified atom stereocenters. The summed E-state index contributed by atoms with van der Waals surface area (Å²) in [5.41, 5.74) is 0. The third-order valence-electron chi connectivity index (χ3n) is 2.11. The lowest BCUT2D eigenvalue weighted by atomic mass is 10.2. The van der Waals surface area contributed by atoms with Crippen LogP contribution in [-0.2, 0) is 4.79 Å². The summed E-state index contributed by atoms with van der Waals surface area (Å²) in [6.45, 7) is 2.25. The van der Waals surface area contributed by atoms with Crippen molar-refractivity contribution in [2.75, 3.05) is 31.2 Å². The van der Waals surface area contributed by atoms with Gasteiger partial charge in [-0.05, 0) is 31.6 Å². The van der Waals surface area contributed by atoms with Gasteiger partial charge < -0.3 is 15.5 Å². The van der Waals surface area contributed by atoms with E-state index < -0.39 is 5.97 Å². The average Bonchev–Trinajstić information content (AvgIpc) is 2.25. The monoisotopic (exact) mass is 249 g/mol.